The smallest absolute Gasteiger partial charge is 0.141 e. The molecule has 0 fully saturated rings. The molecule has 0 aliphatic carbocycles. The topological polar surface area (TPSA) is 0 Å². The van der Waals surface area contributed by atoms with Crippen LogP contribution in [0.2, 0.25) is 0 Å². The minimum absolute atomic E-state index is 1.22. The molecular formula is C2HCl11Si3. The molecule has 0 aliphatic heterocycles. The average molecular weight is 499 g/mol. The lowest BCUT2D eigenvalue weighted by molar-refractivity contribution is 1.54. The molecule has 0 aliphatic rings. The zero-order valence-corrected chi connectivity index (χ0v) is 18.1. The zero-order valence-electron chi connectivity index (χ0n) is 6.73. The highest BCUT2D eigenvalue weighted by Gasteiger charge is 2.70. The summed E-state index contributed by atoms with van der Waals surface area (Å²) in [5.41, 5.74) is 0. The molecule has 98 valence electrons. The number of halogens is 11. The first-order valence-corrected chi connectivity index (χ1v) is 18.6. The van der Waals surface area contributed by atoms with E-state index >= 15 is 0 Å². The molecule has 14 heteroatoms. The van der Waals surface area contributed by atoms with Crippen LogP contribution >= 0.6 is 123 Å². The first-order valence-electron chi connectivity index (χ1n) is 3.19. The van der Waals surface area contributed by atoms with Gasteiger partial charge in [-0.2, -0.15) is 0 Å². The van der Waals surface area contributed by atoms with Gasteiger partial charge in [0.1, 0.15) is 0 Å². The highest BCUT2D eigenvalue weighted by Crippen LogP contribution is 2.55. The molecule has 0 bridgehead atoms. The van der Waals surface area contributed by atoms with Crippen LogP contribution in [0.3, 0.4) is 0 Å². The van der Waals surface area contributed by atoms with Crippen molar-refractivity contribution in [2.45, 2.75) is 8.20 Å². The third-order valence-corrected chi connectivity index (χ3v) is 31.7. The van der Waals surface area contributed by atoms with Crippen LogP contribution in [0.1, 0.15) is 0 Å². The molecule has 0 aromatic rings. The summed E-state index contributed by atoms with van der Waals surface area (Å²) in [5.74, 6) is 0. The average Bonchev–Trinajstić information content (AvgIpc) is 1.98. The Morgan fingerprint density at radius 2 is 1.06 bits per heavy atom. The molecule has 1 atom stereocenters. The highest BCUT2D eigenvalue weighted by molar-refractivity contribution is 7.78. The minimum atomic E-state index is -3.73. The molecule has 0 saturated heterocycles. The molecule has 16 heavy (non-hydrogen) atoms. The Hall–Kier alpha value is 3.84. The Morgan fingerprint density at radius 3 is 1.25 bits per heavy atom. The monoisotopic (exact) mass is 494 g/mol. The molecule has 0 radical (unpaired) electrons. The first-order chi connectivity index (χ1) is 6.65. The summed E-state index contributed by atoms with van der Waals surface area (Å²) in [5, 5.41) is 0. The molecule has 0 aromatic heterocycles. The maximum Gasteiger partial charge on any atom is 0.376 e. The van der Waals surface area contributed by atoms with E-state index in [0.29, 0.717) is 0 Å². The van der Waals surface area contributed by atoms with Gasteiger partial charge < -0.3 is 0 Å². The normalized spacial score (nSPS) is 17.4. The quantitative estimate of drug-likeness (QED) is 0.247. The van der Waals surface area contributed by atoms with Crippen LogP contribution in [-0.4, -0.2) is 26.9 Å². The van der Waals surface area contributed by atoms with Crippen LogP contribution in [0.5, 0.6) is 0 Å². The summed E-state index contributed by atoms with van der Waals surface area (Å²) >= 11 is 63.9. The summed E-state index contributed by atoms with van der Waals surface area (Å²) in [6.45, 7) is -3.73. The lowest BCUT2D eigenvalue weighted by Crippen LogP contribution is -2.63. The number of hydrogen-bond acceptors (Lipinski definition) is 0. The predicted octanol–water partition coefficient (Wildman–Crippen LogP) is 6.15. The molecule has 0 aromatic carbocycles. The third kappa shape index (κ3) is 4.42. The Bertz CT molecular complexity index is 249. The molecule has 0 spiro atoms. The maximum atomic E-state index is 6.02. The van der Waals surface area contributed by atoms with Gasteiger partial charge in [0.2, 0.25) is 0 Å². The van der Waals surface area contributed by atoms with E-state index in [0.717, 1.165) is 0 Å². The van der Waals surface area contributed by atoms with Gasteiger partial charge in [-0.1, -0.05) is 0 Å². The third-order valence-electron chi connectivity index (χ3n) is 1.38. The number of alkyl halides is 3. The number of hydrogen-bond donors (Lipinski definition) is 0. The molecule has 0 saturated carbocycles. The van der Waals surface area contributed by atoms with Crippen LogP contribution in [0.15, 0.2) is 0 Å². The van der Waals surface area contributed by atoms with E-state index in [2.05, 4.69) is 0 Å². The fraction of sp³-hybridized carbons (Fsp3) is 1.00. The molecule has 0 N–H and O–H groups in total. The van der Waals surface area contributed by atoms with Crippen molar-refractivity contribution in [3.8, 4) is 0 Å². The summed E-state index contributed by atoms with van der Waals surface area (Å²) in [6, 6.07) is -7.08. The Kier molecular flexibility index (Phi) is 7.82. The van der Waals surface area contributed by atoms with Gasteiger partial charge >= 0.3 is 18.7 Å². The van der Waals surface area contributed by atoms with Crippen molar-refractivity contribution in [2.24, 2.45) is 0 Å². The van der Waals surface area contributed by atoms with Gasteiger partial charge in [0.05, 0.1) is 4.62 Å². The Labute approximate surface area is 148 Å². The van der Waals surface area contributed by atoms with E-state index in [1.54, 1.807) is 0 Å². The molecule has 0 rings (SSSR count). The Balaban J connectivity index is 5.37. The summed E-state index contributed by atoms with van der Waals surface area (Å²) < 4.78 is -3.21. The van der Waals surface area contributed by atoms with Crippen molar-refractivity contribution < 1.29 is 0 Å². The predicted molar refractivity (Wildman–Crippen MR) is 88.2 cm³/mol. The number of rotatable bonds is 4. The van der Waals surface area contributed by atoms with Crippen LogP contribution in [0, 0.1) is 0 Å². The largest absolute Gasteiger partial charge is 0.376 e. The lowest BCUT2D eigenvalue weighted by Gasteiger charge is -2.38. The molecule has 0 nitrogen and oxygen atoms in total. The van der Waals surface area contributed by atoms with E-state index in [4.69, 9.17) is 123 Å². The second kappa shape index (κ2) is 6.30. The van der Waals surface area contributed by atoms with E-state index in [9.17, 15) is 0 Å². The molecule has 0 heterocycles. The van der Waals surface area contributed by atoms with Crippen molar-refractivity contribution in [1.29, 1.82) is 0 Å². The van der Waals surface area contributed by atoms with Crippen molar-refractivity contribution in [2.75, 3.05) is 0 Å². The van der Waals surface area contributed by atoms with E-state index < -0.39 is 26.9 Å². The van der Waals surface area contributed by atoms with Gasteiger partial charge in [0.15, 0.2) is 3.58 Å². The van der Waals surface area contributed by atoms with Gasteiger partial charge in [-0.25, -0.2) is 0 Å². The molecule has 0 amide bonds. The summed E-state index contributed by atoms with van der Waals surface area (Å²) in [4.78, 5) is 0. The van der Waals surface area contributed by atoms with E-state index in [1.165, 1.54) is 0 Å². The first kappa shape index (κ1) is 19.8. The molecule has 1 unspecified atom stereocenters. The van der Waals surface area contributed by atoms with Gasteiger partial charge in [0.25, 0.3) is 0 Å². The summed E-state index contributed by atoms with van der Waals surface area (Å²) in [6.07, 6.45) is 0. The van der Waals surface area contributed by atoms with Gasteiger partial charge in [-0.3, -0.25) is 0 Å². The van der Waals surface area contributed by atoms with E-state index in [-0.39, 0.29) is 0 Å². The van der Waals surface area contributed by atoms with E-state index in [1.807, 2.05) is 0 Å². The van der Waals surface area contributed by atoms with Crippen LogP contribution in [-0.2, 0) is 0 Å². The van der Waals surface area contributed by atoms with Crippen molar-refractivity contribution in [1.82, 2.24) is 0 Å². The fourth-order valence-corrected chi connectivity index (χ4v) is 27.4. The van der Waals surface area contributed by atoms with Gasteiger partial charge in [-0.05, 0) is 0 Å². The zero-order chi connectivity index (χ0) is 13.6. The summed E-state index contributed by atoms with van der Waals surface area (Å²) in [7, 11) is 0. The second-order valence-corrected chi connectivity index (χ2v) is 31.5. The van der Waals surface area contributed by atoms with Gasteiger partial charge in [0, 0.05) is 0 Å². The van der Waals surface area contributed by atoms with Crippen LogP contribution in [0.25, 0.3) is 0 Å². The fourth-order valence-electron chi connectivity index (χ4n) is 0.554. The van der Waals surface area contributed by atoms with Crippen molar-refractivity contribution >= 4 is 142 Å². The van der Waals surface area contributed by atoms with Crippen LogP contribution < -0.4 is 0 Å². The van der Waals surface area contributed by atoms with Crippen molar-refractivity contribution in [3.05, 3.63) is 0 Å². The highest BCUT2D eigenvalue weighted by atomic mass is 35.8. The second-order valence-electron chi connectivity index (χ2n) is 2.60. The SMILES string of the molecule is ClC([Si](Cl)(Cl)Cl)[Si](Cl)(Cl)C(Cl)(Cl)[Si](Cl)(Cl)Cl. The van der Waals surface area contributed by atoms with Crippen LogP contribution in [0.4, 0.5) is 0 Å². The Morgan fingerprint density at radius 1 is 0.750 bits per heavy atom. The maximum absolute atomic E-state index is 6.02. The van der Waals surface area contributed by atoms with Gasteiger partial charge in [-0.15, -0.1) is 123 Å². The lowest BCUT2D eigenvalue weighted by atomic mass is 11.8. The molecular weight excluding hydrogens is 498 g/mol. The van der Waals surface area contributed by atoms with Crippen molar-refractivity contribution in [3.63, 3.8) is 0 Å². The minimum Gasteiger partial charge on any atom is -0.141 e. The standard InChI is InChI=1S/C2HCl11Si3/c3-1(15(8,9)10)14(6,7)2(4,5)16(11,12)13/h1H.